The molecule has 0 atom stereocenters. The largest absolute Gasteiger partial charge is 0.496 e. The minimum absolute atomic E-state index is 0.0212. The molecule has 1 amide bonds. The van der Waals surface area contributed by atoms with Crippen LogP contribution in [-0.4, -0.2) is 30.5 Å². The van der Waals surface area contributed by atoms with E-state index in [0.29, 0.717) is 11.4 Å². The Kier molecular flexibility index (Phi) is 4.66. The summed E-state index contributed by atoms with van der Waals surface area (Å²) in [5.74, 6) is 0.716. The smallest absolute Gasteiger partial charge is 0.412 e. The highest BCUT2D eigenvalue weighted by Crippen LogP contribution is 2.49. The maximum Gasteiger partial charge on any atom is 0.412 e. The van der Waals surface area contributed by atoms with E-state index in [0.717, 1.165) is 24.8 Å². The second-order valence-electron chi connectivity index (χ2n) is 6.99. The third kappa shape index (κ3) is 4.37. The minimum atomic E-state index is -0.534. The molecule has 0 heterocycles. The van der Waals surface area contributed by atoms with E-state index in [1.165, 1.54) is 0 Å². The van der Waals surface area contributed by atoms with Gasteiger partial charge >= 0.3 is 6.09 Å². The standard InChI is InChI=1S/C17H25NO4/c1-16(2,3)22-15(20)18-13-6-5-12(14(9-13)21-4)10-17(11-19)7-8-17/h5-6,9,19H,7-8,10-11H2,1-4H3,(H,18,20). The van der Waals surface area contributed by atoms with Crippen molar-refractivity contribution in [2.75, 3.05) is 19.0 Å². The number of methoxy groups -OCH3 is 1. The number of hydrogen-bond acceptors (Lipinski definition) is 4. The van der Waals surface area contributed by atoms with Gasteiger partial charge in [0.05, 0.1) is 7.11 Å². The Morgan fingerprint density at radius 1 is 1.36 bits per heavy atom. The molecule has 5 heteroatoms. The van der Waals surface area contributed by atoms with E-state index in [-0.39, 0.29) is 12.0 Å². The van der Waals surface area contributed by atoms with Gasteiger partial charge in [-0.1, -0.05) is 6.07 Å². The fraction of sp³-hybridized carbons (Fsp3) is 0.588. The molecule has 0 aromatic heterocycles. The van der Waals surface area contributed by atoms with Crippen molar-refractivity contribution in [1.29, 1.82) is 0 Å². The quantitative estimate of drug-likeness (QED) is 0.875. The summed E-state index contributed by atoms with van der Waals surface area (Å²) in [5, 5.41) is 12.2. The summed E-state index contributed by atoms with van der Waals surface area (Å²) in [7, 11) is 1.61. The van der Waals surface area contributed by atoms with Crippen molar-refractivity contribution in [2.45, 2.75) is 45.6 Å². The first-order valence-corrected chi connectivity index (χ1v) is 7.55. The third-order valence-corrected chi connectivity index (χ3v) is 3.79. The Balaban J connectivity index is 2.07. The number of carbonyl (C=O) groups excluding carboxylic acids is 1. The maximum atomic E-state index is 11.8. The lowest BCUT2D eigenvalue weighted by Crippen LogP contribution is -2.27. The van der Waals surface area contributed by atoms with Gasteiger partial charge in [-0.15, -0.1) is 0 Å². The molecular formula is C17H25NO4. The van der Waals surface area contributed by atoms with Crippen LogP contribution in [0.5, 0.6) is 5.75 Å². The van der Waals surface area contributed by atoms with E-state index in [4.69, 9.17) is 9.47 Å². The zero-order chi connectivity index (χ0) is 16.4. The third-order valence-electron chi connectivity index (χ3n) is 3.79. The number of nitrogens with one attached hydrogen (secondary N) is 1. The molecule has 0 bridgehead atoms. The summed E-state index contributed by atoms with van der Waals surface area (Å²) in [4.78, 5) is 11.8. The Hall–Kier alpha value is -1.75. The fourth-order valence-electron chi connectivity index (χ4n) is 2.36. The van der Waals surface area contributed by atoms with Gasteiger partial charge < -0.3 is 14.6 Å². The topological polar surface area (TPSA) is 67.8 Å². The van der Waals surface area contributed by atoms with Crippen LogP contribution in [0.1, 0.15) is 39.2 Å². The van der Waals surface area contributed by atoms with E-state index in [1.54, 1.807) is 13.2 Å². The zero-order valence-electron chi connectivity index (χ0n) is 13.7. The molecule has 0 unspecified atom stereocenters. The van der Waals surface area contributed by atoms with Crippen LogP contribution < -0.4 is 10.1 Å². The van der Waals surface area contributed by atoms with Crippen molar-refractivity contribution in [3.05, 3.63) is 23.8 Å². The monoisotopic (exact) mass is 307 g/mol. The number of anilines is 1. The highest BCUT2D eigenvalue weighted by Gasteiger charge is 2.42. The molecule has 0 spiro atoms. The van der Waals surface area contributed by atoms with Crippen LogP contribution in [0.2, 0.25) is 0 Å². The molecule has 0 radical (unpaired) electrons. The van der Waals surface area contributed by atoms with E-state index < -0.39 is 11.7 Å². The lowest BCUT2D eigenvalue weighted by Gasteiger charge is -2.20. The van der Waals surface area contributed by atoms with Gasteiger partial charge in [-0.25, -0.2) is 4.79 Å². The first-order valence-electron chi connectivity index (χ1n) is 7.55. The summed E-state index contributed by atoms with van der Waals surface area (Å²) >= 11 is 0. The van der Waals surface area contributed by atoms with Gasteiger partial charge in [0, 0.05) is 18.4 Å². The van der Waals surface area contributed by atoms with Gasteiger partial charge in [0.25, 0.3) is 0 Å². The number of benzene rings is 1. The predicted molar refractivity (Wildman–Crippen MR) is 85.3 cm³/mol. The summed E-state index contributed by atoms with van der Waals surface area (Å²) in [6.45, 7) is 5.66. The summed E-state index contributed by atoms with van der Waals surface area (Å²) in [6, 6.07) is 5.54. The van der Waals surface area contributed by atoms with Crippen LogP contribution in [0.25, 0.3) is 0 Å². The van der Waals surface area contributed by atoms with Crippen molar-refractivity contribution in [1.82, 2.24) is 0 Å². The van der Waals surface area contributed by atoms with Crippen molar-refractivity contribution >= 4 is 11.8 Å². The molecule has 1 aromatic carbocycles. The maximum absolute atomic E-state index is 11.8. The Bertz CT molecular complexity index is 544. The van der Waals surface area contributed by atoms with Crippen LogP contribution in [0.3, 0.4) is 0 Å². The summed E-state index contributed by atoms with van der Waals surface area (Å²) in [5.41, 5.74) is 1.16. The van der Waals surface area contributed by atoms with Crippen molar-refractivity contribution < 1.29 is 19.4 Å². The van der Waals surface area contributed by atoms with Gasteiger partial charge in [0.15, 0.2) is 0 Å². The number of hydrogen-bond donors (Lipinski definition) is 2. The second-order valence-corrected chi connectivity index (χ2v) is 6.99. The number of aliphatic hydroxyl groups excluding tert-OH is 1. The summed E-state index contributed by atoms with van der Waals surface area (Å²) in [6.07, 6.45) is 2.39. The zero-order valence-corrected chi connectivity index (χ0v) is 13.7. The number of aliphatic hydroxyl groups is 1. The van der Waals surface area contributed by atoms with Crippen LogP contribution in [0.4, 0.5) is 10.5 Å². The molecule has 0 aliphatic heterocycles. The molecule has 2 rings (SSSR count). The van der Waals surface area contributed by atoms with E-state index >= 15 is 0 Å². The lowest BCUT2D eigenvalue weighted by atomic mass is 9.96. The number of ether oxygens (including phenoxy) is 2. The van der Waals surface area contributed by atoms with Gasteiger partial charge in [-0.05, 0) is 57.1 Å². The average Bonchev–Trinajstić information content (AvgIpc) is 3.18. The highest BCUT2D eigenvalue weighted by molar-refractivity contribution is 5.85. The molecule has 0 saturated heterocycles. The first kappa shape index (κ1) is 16.6. The normalized spacial score (nSPS) is 16.0. The molecule has 1 saturated carbocycles. The van der Waals surface area contributed by atoms with Gasteiger partial charge in [0.2, 0.25) is 0 Å². The minimum Gasteiger partial charge on any atom is -0.496 e. The summed E-state index contributed by atoms with van der Waals surface area (Å²) < 4.78 is 10.6. The molecule has 22 heavy (non-hydrogen) atoms. The van der Waals surface area contributed by atoms with Crippen LogP contribution >= 0.6 is 0 Å². The van der Waals surface area contributed by atoms with Crippen LogP contribution in [-0.2, 0) is 11.2 Å². The first-order chi connectivity index (χ1) is 10.3. The van der Waals surface area contributed by atoms with Crippen molar-refractivity contribution in [3.63, 3.8) is 0 Å². The van der Waals surface area contributed by atoms with Crippen LogP contribution in [0.15, 0.2) is 18.2 Å². The van der Waals surface area contributed by atoms with Gasteiger partial charge in [0.1, 0.15) is 11.4 Å². The fourth-order valence-corrected chi connectivity index (χ4v) is 2.36. The van der Waals surface area contributed by atoms with Gasteiger partial charge in [-0.3, -0.25) is 5.32 Å². The van der Waals surface area contributed by atoms with Crippen molar-refractivity contribution in [2.24, 2.45) is 5.41 Å². The lowest BCUT2D eigenvalue weighted by molar-refractivity contribution is 0.0636. The number of amides is 1. The molecule has 1 fully saturated rings. The SMILES string of the molecule is COc1cc(NC(=O)OC(C)(C)C)ccc1CC1(CO)CC1. The predicted octanol–water partition coefficient (Wildman–Crippen LogP) is 3.36. The Morgan fingerprint density at radius 3 is 2.55 bits per heavy atom. The average molecular weight is 307 g/mol. The highest BCUT2D eigenvalue weighted by atomic mass is 16.6. The molecule has 1 aliphatic rings. The van der Waals surface area contributed by atoms with E-state index in [1.807, 2.05) is 32.9 Å². The van der Waals surface area contributed by atoms with E-state index in [2.05, 4.69) is 5.32 Å². The molecule has 2 N–H and O–H groups in total. The molecule has 122 valence electrons. The second kappa shape index (κ2) is 6.16. The Morgan fingerprint density at radius 2 is 2.05 bits per heavy atom. The van der Waals surface area contributed by atoms with Gasteiger partial charge in [-0.2, -0.15) is 0 Å². The number of carbonyl (C=O) groups is 1. The molecule has 1 aliphatic carbocycles. The molecule has 5 nitrogen and oxygen atoms in total. The van der Waals surface area contributed by atoms with Crippen LogP contribution in [0, 0.1) is 5.41 Å². The Labute approximate surface area is 131 Å². The van der Waals surface area contributed by atoms with E-state index in [9.17, 15) is 9.90 Å². The number of rotatable bonds is 5. The molecular weight excluding hydrogens is 282 g/mol. The van der Waals surface area contributed by atoms with Crippen molar-refractivity contribution in [3.8, 4) is 5.75 Å². The molecule has 1 aromatic rings.